The van der Waals surface area contributed by atoms with Gasteiger partial charge in [-0.15, -0.1) is 0 Å². The lowest BCUT2D eigenvalue weighted by atomic mass is 9.85. The zero-order chi connectivity index (χ0) is 32.1. The van der Waals surface area contributed by atoms with Gasteiger partial charge in [-0.3, -0.25) is 14.5 Å². The third-order valence-electron chi connectivity index (χ3n) is 7.79. The molecule has 0 atom stereocenters. The van der Waals surface area contributed by atoms with Crippen molar-refractivity contribution in [2.45, 2.75) is 26.2 Å². The van der Waals surface area contributed by atoms with Gasteiger partial charge in [0.1, 0.15) is 5.69 Å². The lowest BCUT2D eigenvalue weighted by Gasteiger charge is -2.26. The summed E-state index contributed by atoms with van der Waals surface area (Å²) in [6, 6.07) is 12.8. The number of ether oxygens (including phenoxy) is 3. The van der Waals surface area contributed by atoms with Crippen molar-refractivity contribution in [1.82, 2.24) is 24.8 Å². The molecular formula is C33H41N7O5. The van der Waals surface area contributed by atoms with E-state index in [2.05, 4.69) is 51.6 Å². The normalized spacial score (nSPS) is 13.8. The molecule has 12 heteroatoms. The SMILES string of the molecule is CNc1nccc(Oc2cccc3cc(C(=O)Nc4cc(C(C)(C)C)cc(C(=O)NCCN5CCOCC5)c4OC)n(C)c23)n1. The van der Waals surface area contributed by atoms with Gasteiger partial charge >= 0.3 is 0 Å². The van der Waals surface area contributed by atoms with Crippen molar-refractivity contribution in [3.63, 3.8) is 0 Å². The summed E-state index contributed by atoms with van der Waals surface area (Å²) in [5, 5.41) is 9.77. The van der Waals surface area contributed by atoms with E-state index in [9.17, 15) is 9.59 Å². The lowest BCUT2D eigenvalue weighted by Crippen LogP contribution is -2.41. The maximum absolute atomic E-state index is 13.8. The second-order valence-corrected chi connectivity index (χ2v) is 11.9. The minimum absolute atomic E-state index is 0.265. The molecule has 3 N–H and O–H groups in total. The number of hydrogen-bond donors (Lipinski definition) is 3. The van der Waals surface area contributed by atoms with Crippen LogP contribution in [-0.4, -0.2) is 84.8 Å². The van der Waals surface area contributed by atoms with E-state index in [1.54, 1.807) is 37.0 Å². The summed E-state index contributed by atoms with van der Waals surface area (Å²) in [5.74, 6) is 1.02. The number of anilines is 2. The predicted molar refractivity (Wildman–Crippen MR) is 174 cm³/mol. The van der Waals surface area contributed by atoms with Gasteiger partial charge in [-0.05, 0) is 35.2 Å². The number of amides is 2. The zero-order valence-electron chi connectivity index (χ0n) is 26.7. The minimum atomic E-state index is -0.359. The number of methoxy groups -OCH3 is 1. The third kappa shape index (κ3) is 7.18. The van der Waals surface area contributed by atoms with Crippen molar-refractivity contribution in [3.8, 4) is 17.4 Å². The van der Waals surface area contributed by atoms with Crippen molar-refractivity contribution in [3.05, 3.63) is 65.5 Å². The molecule has 5 rings (SSSR count). The highest BCUT2D eigenvalue weighted by Gasteiger charge is 2.25. The van der Waals surface area contributed by atoms with Gasteiger partial charge in [0.2, 0.25) is 11.8 Å². The van der Waals surface area contributed by atoms with Crippen molar-refractivity contribution in [2.75, 3.05) is 64.2 Å². The van der Waals surface area contributed by atoms with Crippen LogP contribution in [0.15, 0.2) is 48.7 Å². The first-order valence-corrected chi connectivity index (χ1v) is 15.0. The van der Waals surface area contributed by atoms with E-state index in [1.165, 1.54) is 7.11 Å². The molecule has 0 bridgehead atoms. The Morgan fingerprint density at radius 3 is 2.56 bits per heavy atom. The summed E-state index contributed by atoms with van der Waals surface area (Å²) < 4.78 is 19.1. The number of rotatable bonds is 10. The largest absolute Gasteiger partial charge is 0.494 e. The Morgan fingerprint density at radius 1 is 1.07 bits per heavy atom. The number of aromatic nitrogens is 3. The molecule has 1 aliphatic rings. The van der Waals surface area contributed by atoms with Crippen LogP contribution in [0.2, 0.25) is 0 Å². The van der Waals surface area contributed by atoms with Gasteiger partial charge in [0.15, 0.2) is 11.5 Å². The van der Waals surface area contributed by atoms with E-state index >= 15 is 0 Å². The molecule has 0 saturated carbocycles. The number of para-hydroxylation sites is 1. The zero-order valence-corrected chi connectivity index (χ0v) is 26.7. The fourth-order valence-corrected chi connectivity index (χ4v) is 5.29. The highest BCUT2D eigenvalue weighted by atomic mass is 16.5. The van der Waals surface area contributed by atoms with E-state index < -0.39 is 0 Å². The van der Waals surface area contributed by atoms with Gasteiger partial charge in [-0.25, -0.2) is 4.98 Å². The topological polar surface area (TPSA) is 132 Å². The number of aryl methyl sites for hydroxylation is 1. The van der Waals surface area contributed by atoms with Crippen LogP contribution < -0.4 is 25.4 Å². The van der Waals surface area contributed by atoms with E-state index in [0.29, 0.717) is 60.0 Å². The van der Waals surface area contributed by atoms with Crippen LogP contribution in [-0.2, 0) is 17.2 Å². The number of morpholine rings is 1. The lowest BCUT2D eigenvalue weighted by molar-refractivity contribution is 0.0383. The summed E-state index contributed by atoms with van der Waals surface area (Å²) in [6.07, 6.45) is 1.61. The van der Waals surface area contributed by atoms with Crippen molar-refractivity contribution < 1.29 is 23.8 Å². The van der Waals surface area contributed by atoms with E-state index in [-0.39, 0.29) is 17.2 Å². The fraction of sp³-hybridized carbons (Fsp3) is 0.394. The molecule has 0 radical (unpaired) electrons. The van der Waals surface area contributed by atoms with Crippen LogP contribution in [0.3, 0.4) is 0 Å². The quantitative estimate of drug-likeness (QED) is 0.237. The highest BCUT2D eigenvalue weighted by molar-refractivity contribution is 6.09. The molecule has 0 unspecified atom stereocenters. The fourth-order valence-electron chi connectivity index (χ4n) is 5.29. The van der Waals surface area contributed by atoms with Gasteiger partial charge in [0, 0.05) is 57.9 Å². The molecule has 238 valence electrons. The van der Waals surface area contributed by atoms with Crippen LogP contribution in [0.1, 0.15) is 47.2 Å². The van der Waals surface area contributed by atoms with Gasteiger partial charge in [0.25, 0.3) is 11.8 Å². The van der Waals surface area contributed by atoms with E-state index in [0.717, 1.165) is 36.1 Å². The summed E-state index contributed by atoms with van der Waals surface area (Å²) in [6.45, 7) is 10.5. The van der Waals surface area contributed by atoms with Crippen LogP contribution in [0.4, 0.5) is 11.6 Å². The molecular weight excluding hydrogens is 574 g/mol. The summed E-state index contributed by atoms with van der Waals surface area (Å²) >= 11 is 0. The Balaban J connectivity index is 1.43. The smallest absolute Gasteiger partial charge is 0.272 e. The highest BCUT2D eigenvalue weighted by Crippen LogP contribution is 2.37. The van der Waals surface area contributed by atoms with Gasteiger partial charge < -0.3 is 34.7 Å². The Labute approximate surface area is 263 Å². The molecule has 2 amide bonds. The molecule has 2 aromatic heterocycles. The molecule has 12 nitrogen and oxygen atoms in total. The molecule has 45 heavy (non-hydrogen) atoms. The van der Waals surface area contributed by atoms with Crippen LogP contribution in [0.5, 0.6) is 17.4 Å². The first-order valence-electron chi connectivity index (χ1n) is 15.0. The number of nitrogens with zero attached hydrogens (tertiary/aromatic N) is 4. The van der Waals surface area contributed by atoms with Crippen LogP contribution in [0.25, 0.3) is 10.9 Å². The van der Waals surface area contributed by atoms with Crippen LogP contribution in [0, 0.1) is 0 Å². The number of carbonyl (C=O) groups excluding carboxylic acids is 2. The minimum Gasteiger partial charge on any atom is -0.494 e. The molecule has 1 fully saturated rings. The monoisotopic (exact) mass is 615 g/mol. The second kappa shape index (κ2) is 13.5. The Bertz CT molecular complexity index is 1690. The number of carbonyl (C=O) groups is 2. The number of hydrogen-bond acceptors (Lipinski definition) is 9. The summed E-state index contributed by atoms with van der Waals surface area (Å²) in [4.78, 5) is 38.0. The first kappa shape index (κ1) is 31.7. The molecule has 2 aromatic carbocycles. The Hall–Kier alpha value is -4.68. The van der Waals surface area contributed by atoms with Gasteiger partial charge in [0.05, 0.1) is 37.1 Å². The molecule has 4 aromatic rings. The first-order chi connectivity index (χ1) is 21.6. The molecule has 1 aliphatic heterocycles. The van der Waals surface area contributed by atoms with Crippen molar-refractivity contribution >= 4 is 34.4 Å². The average molecular weight is 616 g/mol. The molecule has 3 heterocycles. The van der Waals surface area contributed by atoms with Crippen LogP contribution >= 0.6 is 0 Å². The standard InChI is InChI=1S/C33H41N7O5/c1-33(2,3)22-19-23(30(41)35-12-13-40-14-16-44-17-15-40)29(43-6)24(20-22)37-31(42)25-18-21-8-7-9-26(28(21)39(25)5)45-27-10-11-36-32(34-4)38-27/h7-11,18-20H,12-17H2,1-6H3,(H,35,41)(H,37,42)(H,34,36,38). The second-order valence-electron chi connectivity index (χ2n) is 11.9. The Kier molecular flexibility index (Phi) is 9.54. The summed E-state index contributed by atoms with van der Waals surface area (Å²) in [7, 11) is 5.04. The van der Waals surface area contributed by atoms with Gasteiger partial charge in [-0.2, -0.15) is 4.98 Å². The summed E-state index contributed by atoms with van der Waals surface area (Å²) in [5.41, 5.74) is 2.49. The maximum atomic E-state index is 13.8. The molecule has 0 aliphatic carbocycles. The maximum Gasteiger partial charge on any atom is 0.272 e. The molecule has 1 saturated heterocycles. The van der Waals surface area contributed by atoms with Crippen molar-refractivity contribution in [1.29, 1.82) is 0 Å². The Morgan fingerprint density at radius 2 is 1.84 bits per heavy atom. The van der Waals surface area contributed by atoms with E-state index in [1.807, 2.05) is 30.3 Å². The van der Waals surface area contributed by atoms with Gasteiger partial charge in [-0.1, -0.05) is 32.9 Å². The predicted octanol–water partition coefficient (Wildman–Crippen LogP) is 4.42. The number of nitrogens with one attached hydrogen (secondary N) is 3. The third-order valence-corrected chi connectivity index (χ3v) is 7.79. The number of fused-ring (bicyclic) bond motifs is 1. The average Bonchev–Trinajstić information content (AvgIpc) is 3.38. The van der Waals surface area contributed by atoms with E-state index in [4.69, 9.17) is 14.2 Å². The van der Waals surface area contributed by atoms with Crippen molar-refractivity contribution in [2.24, 2.45) is 7.05 Å². The number of benzene rings is 2. The molecule has 0 spiro atoms.